The first-order chi connectivity index (χ1) is 29.4. The van der Waals surface area contributed by atoms with Crippen molar-refractivity contribution in [3.8, 4) is 0 Å². The Bertz CT molecular complexity index is 2020. The van der Waals surface area contributed by atoms with Crippen LogP contribution in [0.4, 0.5) is 0 Å². The number of carbonyl (C=O) groups is 3. The molecule has 5 saturated heterocycles. The van der Waals surface area contributed by atoms with E-state index in [1.807, 2.05) is 19.9 Å². The summed E-state index contributed by atoms with van der Waals surface area (Å²) < 4.78 is 33.6. The normalized spacial score (nSPS) is 48.2. The van der Waals surface area contributed by atoms with Crippen LogP contribution in [0.15, 0.2) is 29.0 Å². The first kappa shape index (κ1) is 39.8. The number of rotatable bonds is 6. The third-order valence-corrected chi connectivity index (χ3v) is 20.1. The Balaban J connectivity index is 0.942. The van der Waals surface area contributed by atoms with E-state index in [9.17, 15) is 19.8 Å². The molecule has 12 nitrogen and oxygen atoms in total. The molecule has 0 bridgehead atoms. The lowest BCUT2D eigenvalue weighted by Crippen LogP contribution is -2.79. The summed E-state index contributed by atoms with van der Waals surface area (Å²) in [5.41, 5.74) is -5.05. The molecule has 61 heavy (non-hydrogen) atoms. The van der Waals surface area contributed by atoms with E-state index in [0.29, 0.717) is 55.9 Å². The lowest BCUT2D eigenvalue weighted by molar-refractivity contribution is -0.284. The van der Waals surface area contributed by atoms with E-state index < -0.39 is 69.2 Å². The van der Waals surface area contributed by atoms with Gasteiger partial charge in [0.1, 0.15) is 30.2 Å². The molecule has 7 heterocycles. The number of nitrogens with zero attached hydrogens (tertiary/aromatic N) is 1. The summed E-state index contributed by atoms with van der Waals surface area (Å²) >= 11 is 0. The van der Waals surface area contributed by atoms with E-state index in [1.54, 1.807) is 6.26 Å². The molecule has 0 amide bonds. The fourth-order valence-electron chi connectivity index (χ4n) is 17.9. The van der Waals surface area contributed by atoms with Gasteiger partial charge in [-0.15, -0.1) is 0 Å². The third-order valence-electron chi connectivity index (χ3n) is 20.1. The first-order valence-electron chi connectivity index (χ1n) is 24.2. The zero-order valence-corrected chi connectivity index (χ0v) is 36.3. The Labute approximate surface area is 359 Å². The number of cyclic esters (lactones) is 2. The van der Waals surface area contributed by atoms with Crippen LogP contribution in [-0.2, 0) is 39.8 Å². The van der Waals surface area contributed by atoms with Gasteiger partial charge in [-0.3, -0.25) is 14.9 Å². The number of hydrogen-bond donors (Lipinski definition) is 3. The van der Waals surface area contributed by atoms with Crippen molar-refractivity contribution in [2.75, 3.05) is 26.4 Å². The van der Waals surface area contributed by atoms with E-state index in [0.717, 1.165) is 88.7 Å². The van der Waals surface area contributed by atoms with Crippen LogP contribution in [0.1, 0.15) is 128 Å². The van der Waals surface area contributed by atoms with Gasteiger partial charge in [-0.05, 0) is 119 Å². The van der Waals surface area contributed by atoms with Crippen LogP contribution >= 0.6 is 0 Å². The molecular weight excluding hydrogens is 777 g/mol. The maximum Gasteiger partial charge on any atom is 0.339 e. The molecule has 3 spiro atoms. The quantitative estimate of drug-likeness (QED) is 0.235. The molecule has 12 rings (SSSR count). The van der Waals surface area contributed by atoms with E-state index in [4.69, 9.17) is 23.4 Å². The predicted molar refractivity (Wildman–Crippen MR) is 219 cm³/mol. The summed E-state index contributed by atoms with van der Waals surface area (Å²) in [6.45, 7) is 8.15. The molecule has 11 aliphatic rings. The van der Waals surface area contributed by atoms with Crippen LogP contribution in [0.3, 0.4) is 0 Å². The summed E-state index contributed by atoms with van der Waals surface area (Å²) in [6.07, 6.45) is 15.5. The molecule has 15 unspecified atom stereocenters. The van der Waals surface area contributed by atoms with Crippen LogP contribution in [0.25, 0.3) is 0 Å². The molecule has 5 aliphatic carbocycles. The van der Waals surface area contributed by atoms with Crippen LogP contribution in [-0.4, -0.2) is 94.8 Å². The fraction of sp³-hybridized carbons (Fsp3) is 0.816. The minimum Gasteiger partial charge on any atom is -0.469 e. The van der Waals surface area contributed by atoms with Gasteiger partial charge in [-0.1, -0.05) is 45.1 Å². The summed E-state index contributed by atoms with van der Waals surface area (Å²) in [7, 11) is 0. The molecule has 15 atom stereocenters. The molecule has 5 saturated carbocycles. The Morgan fingerprint density at radius 2 is 1.75 bits per heavy atom. The maximum atomic E-state index is 15.6. The number of aliphatic hydroxyl groups is 2. The summed E-state index contributed by atoms with van der Waals surface area (Å²) in [6, 6.07) is 2.48. The zero-order valence-electron chi connectivity index (χ0n) is 36.3. The SMILES string of the molecule is CC1(C)OC2C3(CCCC3)C(=O)OCC23C1C(=O)C(O)C1(C2CCCCC2)C3CCC2(C)C(c3ccoc3CC(CO)C3CCC4C(C=CN5CNCC45)C3)OC(=O)C3OC321. The molecule has 332 valence electrons. The Kier molecular flexibility index (Phi) is 8.74. The fourth-order valence-corrected chi connectivity index (χ4v) is 17.9. The van der Waals surface area contributed by atoms with Crippen molar-refractivity contribution in [2.45, 2.75) is 159 Å². The lowest BCUT2D eigenvalue weighted by Gasteiger charge is -2.70. The molecule has 3 N–H and O–H groups in total. The number of hydrogen-bond acceptors (Lipinski definition) is 12. The molecule has 10 fully saturated rings. The van der Waals surface area contributed by atoms with Gasteiger partial charge in [0, 0.05) is 47.4 Å². The molecule has 12 heteroatoms. The highest BCUT2D eigenvalue weighted by molar-refractivity contribution is 5.92. The van der Waals surface area contributed by atoms with Crippen LogP contribution in [0.2, 0.25) is 0 Å². The summed E-state index contributed by atoms with van der Waals surface area (Å²) in [4.78, 5) is 46.8. The monoisotopic (exact) mass is 842 g/mol. The van der Waals surface area contributed by atoms with Gasteiger partial charge in [0.25, 0.3) is 0 Å². The molecule has 0 aromatic carbocycles. The number of nitrogens with one attached hydrogen (secondary N) is 1. The maximum absolute atomic E-state index is 15.6. The van der Waals surface area contributed by atoms with Crippen molar-refractivity contribution in [3.63, 3.8) is 0 Å². The Morgan fingerprint density at radius 1 is 0.951 bits per heavy atom. The number of ketones is 1. The van der Waals surface area contributed by atoms with Crippen LogP contribution in [0, 0.1) is 63.1 Å². The van der Waals surface area contributed by atoms with Gasteiger partial charge in [0.2, 0.25) is 0 Å². The largest absolute Gasteiger partial charge is 0.469 e. The highest BCUT2D eigenvalue weighted by atomic mass is 16.7. The van der Waals surface area contributed by atoms with Crippen molar-refractivity contribution in [2.24, 2.45) is 63.1 Å². The van der Waals surface area contributed by atoms with E-state index in [2.05, 4.69) is 29.4 Å². The standard InChI is InChI=1S/C49H66N2O10/c1-44(2)37-36(53)38(54)48(30-9-5-4-6-10-30)35(47(37)25-58-43(56)46(42(47)61-44)16-7-8-17-46)13-18-45(3)39(59-41(55)40-49(45,48)60-40)32-15-20-57-34(32)22-29(24-52)27-11-12-31-28(21-27)14-19-51-26-50-23-33(31)51/h14-15,19-20,27-31,33,35,37-40,42,50,52,54H,4-13,16-18,21-26H2,1-3H3. The van der Waals surface area contributed by atoms with Crippen molar-refractivity contribution in [1.82, 2.24) is 10.2 Å². The Morgan fingerprint density at radius 3 is 2.54 bits per heavy atom. The zero-order chi connectivity index (χ0) is 41.9. The van der Waals surface area contributed by atoms with Crippen molar-refractivity contribution in [1.29, 1.82) is 0 Å². The second-order valence-corrected chi connectivity index (χ2v) is 22.6. The average molecular weight is 843 g/mol. The Hall–Kier alpha value is -2.77. The van der Waals surface area contributed by atoms with Crippen molar-refractivity contribution < 1.29 is 48.0 Å². The molecule has 1 aromatic rings. The number of esters is 2. The number of fused-ring (bicyclic) bond motifs is 5. The number of furan rings is 1. The molecule has 1 aromatic heterocycles. The summed E-state index contributed by atoms with van der Waals surface area (Å²) in [5, 5.41) is 27.8. The van der Waals surface area contributed by atoms with Gasteiger partial charge in [0.15, 0.2) is 11.9 Å². The summed E-state index contributed by atoms with van der Waals surface area (Å²) in [5.74, 6) is 0.108. The van der Waals surface area contributed by atoms with E-state index in [1.165, 1.54) is 0 Å². The predicted octanol–water partition coefficient (Wildman–Crippen LogP) is 5.78. The minimum atomic E-state index is -1.40. The van der Waals surface area contributed by atoms with Crippen LogP contribution < -0.4 is 5.32 Å². The average Bonchev–Trinajstić information content (AvgIpc) is 3.71. The van der Waals surface area contributed by atoms with Gasteiger partial charge in [-0.25, -0.2) is 4.79 Å². The number of allylic oxidation sites excluding steroid dienone is 1. The van der Waals surface area contributed by atoms with Gasteiger partial charge in [-0.2, -0.15) is 0 Å². The number of ether oxygens (including phenoxy) is 4. The molecule has 0 radical (unpaired) electrons. The second-order valence-electron chi connectivity index (χ2n) is 22.6. The van der Waals surface area contributed by atoms with Gasteiger partial charge >= 0.3 is 11.9 Å². The smallest absolute Gasteiger partial charge is 0.339 e. The van der Waals surface area contributed by atoms with Gasteiger partial charge in [0.05, 0.1) is 36.0 Å². The molecule has 6 aliphatic heterocycles. The number of Topliss-reactive ketones (excluding diaryl/α,β-unsaturated/α-hetero) is 1. The second kappa shape index (κ2) is 13.4. The minimum absolute atomic E-state index is 0.0253. The number of aliphatic hydroxyl groups excluding tert-OH is 2. The van der Waals surface area contributed by atoms with Crippen LogP contribution in [0.5, 0.6) is 0 Å². The van der Waals surface area contributed by atoms with Crippen molar-refractivity contribution in [3.05, 3.63) is 35.9 Å². The van der Waals surface area contributed by atoms with Crippen molar-refractivity contribution >= 4 is 17.7 Å². The molecular formula is C49H66N2O10. The topological polar surface area (TPSA) is 160 Å². The highest BCUT2D eigenvalue weighted by Gasteiger charge is 2.93. The number of carbonyl (C=O) groups excluding carboxylic acids is 3. The third kappa shape index (κ3) is 4.82. The lowest BCUT2D eigenvalue weighted by atomic mass is 9.32. The van der Waals surface area contributed by atoms with E-state index >= 15 is 4.79 Å². The highest BCUT2D eigenvalue weighted by Crippen LogP contribution is 2.83. The first-order valence-corrected chi connectivity index (χ1v) is 24.2. The number of epoxide rings is 1. The van der Waals surface area contributed by atoms with Gasteiger partial charge < -0.3 is 38.5 Å². The van der Waals surface area contributed by atoms with E-state index in [-0.39, 0.29) is 42.7 Å².